The number of aromatic amines is 3. The lowest BCUT2D eigenvalue weighted by atomic mass is 9.91. The molecule has 0 fully saturated rings. The number of methoxy groups -OCH3 is 2. The highest BCUT2D eigenvalue weighted by Crippen LogP contribution is 2.37. The summed E-state index contributed by atoms with van der Waals surface area (Å²) in [6, 6.07) is 21.0. The third-order valence-corrected chi connectivity index (χ3v) is 14.6. The minimum Gasteiger partial charge on any atom is -0.379 e. The largest absolute Gasteiger partial charge is 0.379 e. The van der Waals surface area contributed by atoms with E-state index >= 15 is 0 Å². The number of H-pyrrole nitrogens is 3. The van der Waals surface area contributed by atoms with Crippen LogP contribution in [-0.4, -0.2) is 113 Å². The number of halogens is 5. The molecule has 3 aromatic carbocycles. The minimum absolute atomic E-state index is 0.0279. The van der Waals surface area contributed by atoms with Crippen molar-refractivity contribution >= 4 is 83.0 Å². The van der Waals surface area contributed by atoms with Crippen LogP contribution in [0.25, 0.3) is 67.3 Å². The molecule has 0 saturated heterocycles. The van der Waals surface area contributed by atoms with Crippen LogP contribution in [0.3, 0.4) is 0 Å². The number of nitrogens with two attached hydrogens (primary N) is 2. The zero-order chi connectivity index (χ0) is 63.2. The van der Waals surface area contributed by atoms with Crippen molar-refractivity contribution in [2.24, 2.45) is 7.05 Å². The first-order valence-electron chi connectivity index (χ1n) is 26.6. The van der Waals surface area contributed by atoms with Crippen LogP contribution in [0.5, 0.6) is 0 Å². The van der Waals surface area contributed by atoms with Crippen LogP contribution in [0.15, 0.2) is 144 Å². The van der Waals surface area contributed by atoms with Crippen molar-refractivity contribution in [2.45, 2.75) is 37.6 Å². The lowest BCUT2D eigenvalue weighted by Gasteiger charge is -2.30. The molecule has 28 heteroatoms. The van der Waals surface area contributed by atoms with E-state index in [4.69, 9.17) is 35.4 Å². The van der Waals surface area contributed by atoms with Crippen molar-refractivity contribution < 1.29 is 42.0 Å². The van der Waals surface area contributed by atoms with E-state index in [1.807, 2.05) is 13.2 Å². The molecule has 0 aliphatic carbocycles. The van der Waals surface area contributed by atoms with Crippen LogP contribution in [0.2, 0.25) is 0 Å². The topological polar surface area (TPSA) is 320 Å². The average molecular weight is 1340 g/mol. The van der Waals surface area contributed by atoms with Crippen LogP contribution in [0, 0.1) is 29.3 Å². The number of nitrogens with zero attached hydrogens (tertiary/aromatic N) is 12. The Kier molecular flexibility index (Phi) is 18.4. The van der Waals surface area contributed by atoms with Crippen LogP contribution >= 0.6 is 31.9 Å². The van der Waals surface area contributed by atoms with Gasteiger partial charge >= 0.3 is 0 Å². The quantitative estimate of drug-likeness (QED) is 0.0240. The molecule has 0 aliphatic heterocycles. The van der Waals surface area contributed by atoms with Crippen molar-refractivity contribution in [3.63, 3.8) is 0 Å². The Morgan fingerprint density at radius 2 is 1.12 bits per heavy atom. The van der Waals surface area contributed by atoms with Crippen molar-refractivity contribution in [1.82, 2.24) is 74.6 Å². The Morgan fingerprint density at radius 3 is 1.72 bits per heavy atom. The summed E-state index contributed by atoms with van der Waals surface area (Å²) in [5.41, 5.74) is 17.5. The summed E-state index contributed by atoms with van der Waals surface area (Å²) < 4.78 is 65.8. The number of aromatic nitrogens is 15. The van der Waals surface area contributed by atoms with Crippen molar-refractivity contribution in [3.8, 4) is 45.6 Å². The van der Waals surface area contributed by atoms with E-state index in [9.17, 15) is 23.1 Å². The zero-order valence-corrected chi connectivity index (χ0v) is 51.2. The molecule has 23 nitrogen and oxygen atoms in total. The summed E-state index contributed by atoms with van der Waals surface area (Å²) in [6.45, 7) is 4.85. The first-order valence-corrected chi connectivity index (χ1v) is 28.2. The average Bonchev–Trinajstić information content (AvgIpc) is 2.53. The van der Waals surface area contributed by atoms with E-state index in [0.29, 0.717) is 98.9 Å². The molecular formula is C61H52Br2F3N17O6. The number of benzene rings is 3. The van der Waals surface area contributed by atoms with Gasteiger partial charge in [-0.2, -0.15) is 5.10 Å². The van der Waals surface area contributed by atoms with Gasteiger partial charge in [-0.3, -0.25) is 9.48 Å². The number of ether oxygens (including phenoxy) is 4. The monoisotopic (exact) mass is 1330 g/mol. The number of fused-ring (bicyclic) bond motifs is 3. The van der Waals surface area contributed by atoms with Crippen LogP contribution < -0.4 is 11.5 Å². The van der Waals surface area contributed by atoms with Crippen LogP contribution in [-0.2, 0) is 42.8 Å². The van der Waals surface area contributed by atoms with E-state index in [0.717, 1.165) is 5.56 Å². The summed E-state index contributed by atoms with van der Waals surface area (Å²) in [5, 5.41) is 15.4. The van der Waals surface area contributed by atoms with Crippen molar-refractivity contribution in [1.29, 1.82) is 0 Å². The normalized spacial score (nSPS) is 13.3. The Balaban J connectivity index is 0.000000148. The molecule has 0 spiro atoms. The molecule has 89 heavy (non-hydrogen) atoms. The summed E-state index contributed by atoms with van der Waals surface area (Å²) in [7, 11) is 4.80. The second-order valence-corrected chi connectivity index (χ2v) is 21.7. The Morgan fingerprint density at radius 1 is 0.618 bits per heavy atom. The predicted octanol–water partition coefficient (Wildman–Crippen LogP) is 10.2. The van der Waals surface area contributed by atoms with E-state index < -0.39 is 40.0 Å². The minimum atomic E-state index is -1.59. The number of nitrogens with one attached hydrogen (secondary N) is 3. The molecule has 8 N–H and O–H groups in total. The lowest BCUT2D eigenvalue weighted by molar-refractivity contribution is -0.109. The van der Waals surface area contributed by atoms with Gasteiger partial charge < -0.3 is 50.5 Å². The smallest absolute Gasteiger partial charge is 0.239 e. The highest BCUT2D eigenvalue weighted by Gasteiger charge is 2.34. The SMILES string of the molecule is COCOC(C)(C#CC(=O)c1c[nH]c2ncc(Br)nc12)c1cccc(F)c1.COCOC(C)(c1cccc(F)c1)c1cc(-c2c[nH]c3ncc(Br)nc23)nc(N)n1.Cn1cc(-c2cnc3[nH]cc(-c4cc(C(C)(O)c5cccc(F)c5)nc(N)n4)c3n2)cn1. The van der Waals surface area contributed by atoms with Gasteiger partial charge in [0.05, 0.1) is 58.8 Å². The van der Waals surface area contributed by atoms with E-state index in [-0.39, 0.29) is 31.2 Å². The van der Waals surface area contributed by atoms with E-state index in [1.54, 1.807) is 92.0 Å². The highest BCUT2D eigenvalue weighted by molar-refractivity contribution is 9.10. The predicted molar refractivity (Wildman–Crippen MR) is 330 cm³/mol. The number of carbonyl (C=O) groups excluding carboxylic acids is 1. The van der Waals surface area contributed by atoms with Crippen LogP contribution in [0.1, 0.15) is 59.2 Å². The second-order valence-electron chi connectivity index (χ2n) is 20.1. The van der Waals surface area contributed by atoms with E-state index in [1.165, 1.54) is 76.0 Å². The van der Waals surface area contributed by atoms with Gasteiger partial charge in [0.2, 0.25) is 17.7 Å². The third kappa shape index (κ3) is 13.9. The fourth-order valence-corrected chi connectivity index (χ4v) is 9.75. The van der Waals surface area contributed by atoms with Gasteiger partial charge in [0.25, 0.3) is 0 Å². The molecular weight excluding hydrogens is 1280 g/mol. The standard InChI is InChI=1S/C22H19FN8O.C20H18BrFN6O2.C19H15BrFN3O3/c1-22(32,13-4-3-5-14(23)6-13)18-7-16(29-21(24)30-18)15-9-25-20-19(15)28-17(10-26-20)12-8-27-31(2)11-12;1-20(30-10-29-2,11-4-3-5-12(22)6-11)15-7-14(26-19(23)27-15)13-8-24-18-17(13)28-16(21)9-25-18;1-19(27-11-26-2,12-4-3-5-13(21)8-12)7-6-15(25)14-9-22-18-17(14)24-16(20)10-23-18/h3-11,32H,1-2H3,(H,25,26)(H2,24,29,30);3-9H,10H2,1-2H3,(H,24,25)(H2,23,26,27);3-5,8-10H,11H2,1-2H3,(H,22,23). The van der Waals surface area contributed by atoms with Gasteiger partial charge in [0, 0.05) is 62.7 Å². The molecule has 12 rings (SSSR count). The first-order chi connectivity index (χ1) is 42.6. The molecule has 3 atom stereocenters. The number of anilines is 2. The summed E-state index contributed by atoms with van der Waals surface area (Å²) in [4.78, 5) is 65.3. The van der Waals surface area contributed by atoms with Crippen molar-refractivity contribution in [3.05, 3.63) is 195 Å². The number of aryl methyl sites for hydroxylation is 1. The number of carbonyl (C=O) groups is 1. The Hall–Kier alpha value is -9.73. The fourth-order valence-electron chi connectivity index (χ4n) is 9.19. The molecule has 0 radical (unpaired) electrons. The number of nitrogen functional groups attached to an aromatic ring is 2. The number of aliphatic hydroxyl groups is 1. The molecule has 0 amide bonds. The lowest BCUT2D eigenvalue weighted by Crippen LogP contribution is -2.30. The zero-order valence-electron chi connectivity index (χ0n) is 48.0. The van der Waals surface area contributed by atoms with Gasteiger partial charge in [-0.1, -0.05) is 42.3 Å². The molecule has 452 valence electrons. The number of hydrogen-bond donors (Lipinski definition) is 6. The Labute approximate surface area is 521 Å². The number of Topliss-reactive ketones (excluding diaryl/α,β-unsaturated/α-hetero) is 1. The maximum Gasteiger partial charge on any atom is 0.239 e. The molecule has 0 saturated carbocycles. The third-order valence-electron chi connectivity index (χ3n) is 13.8. The van der Waals surface area contributed by atoms with Gasteiger partial charge in [-0.25, -0.2) is 63.0 Å². The van der Waals surface area contributed by atoms with Crippen LogP contribution in [0.4, 0.5) is 25.1 Å². The molecule has 0 bridgehead atoms. The summed E-state index contributed by atoms with van der Waals surface area (Å²) in [5.74, 6) is 3.65. The molecule has 3 unspecified atom stereocenters. The van der Waals surface area contributed by atoms with Gasteiger partial charge in [0.15, 0.2) is 22.5 Å². The fraction of sp³-hybridized carbons (Fsp3) is 0.180. The number of hydrogen-bond acceptors (Lipinski definition) is 19. The maximum absolute atomic E-state index is 14.0. The molecule has 9 aromatic heterocycles. The summed E-state index contributed by atoms with van der Waals surface area (Å²) >= 11 is 6.57. The number of rotatable bonds is 15. The highest BCUT2D eigenvalue weighted by atomic mass is 79.9. The van der Waals surface area contributed by atoms with Gasteiger partial charge in [-0.15, -0.1) is 0 Å². The molecule has 9 heterocycles. The molecule has 12 aromatic rings. The van der Waals surface area contributed by atoms with Gasteiger partial charge in [0.1, 0.15) is 68.0 Å². The summed E-state index contributed by atoms with van der Waals surface area (Å²) in [6.07, 6.45) is 13.3. The molecule has 0 aliphatic rings. The van der Waals surface area contributed by atoms with Gasteiger partial charge in [-0.05, 0) is 124 Å². The maximum atomic E-state index is 14.0. The Bertz CT molecular complexity index is 4650. The van der Waals surface area contributed by atoms with Crippen molar-refractivity contribution in [2.75, 3.05) is 39.3 Å². The van der Waals surface area contributed by atoms with E-state index in [2.05, 4.69) is 109 Å². The second kappa shape index (κ2) is 26.3. The first kappa shape index (κ1) is 62.3. The number of ketones is 1.